The SMILES string of the molecule is CC(C)CCCC(C)[C@H]1CC[C@H]2[C@@H]3CC=C4C[C@@H](O)CC[C@]4(C)[C@H]3CC[C@]12C.CCCC/C=C\CCCCCCCC(=O)O. The van der Waals surface area contributed by atoms with Gasteiger partial charge in [0.05, 0.1) is 6.10 Å². The third-order valence-electron chi connectivity index (χ3n) is 12.9. The fourth-order valence-electron chi connectivity index (χ4n) is 10.3. The van der Waals surface area contributed by atoms with E-state index in [9.17, 15) is 9.90 Å². The summed E-state index contributed by atoms with van der Waals surface area (Å²) in [5.41, 5.74) is 2.60. The van der Waals surface area contributed by atoms with E-state index < -0.39 is 5.97 Å². The summed E-state index contributed by atoms with van der Waals surface area (Å²) in [7, 11) is 0. The predicted octanol–water partition coefficient (Wildman–Crippen LogP) is 11.9. The third-order valence-corrected chi connectivity index (χ3v) is 12.9. The van der Waals surface area contributed by atoms with Crippen LogP contribution < -0.4 is 0 Å². The molecule has 0 heterocycles. The van der Waals surface area contributed by atoms with Crippen molar-refractivity contribution in [3.63, 3.8) is 0 Å². The monoisotopic (exact) mass is 613 g/mol. The summed E-state index contributed by atoms with van der Waals surface area (Å²) in [5, 5.41) is 18.7. The van der Waals surface area contributed by atoms with Crippen LogP contribution in [0.15, 0.2) is 23.8 Å². The number of aliphatic hydroxyl groups is 1. The number of hydrogen-bond acceptors (Lipinski definition) is 2. The number of allylic oxidation sites excluding steroid dienone is 3. The molecule has 0 aliphatic heterocycles. The Labute approximate surface area is 273 Å². The zero-order chi connectivity index (χ0) is 32.2. The summed E-state index contributed by atoms with van der Waals surface area (Å²) in [6.07, 6.45) is 32.6. The van der Waals surface area contributed by atoms with Gasteiger partial charge in [-0.05, 0) is 123 Å². The van der Waals surface area contributed by atoms with Gasteiger partial charge in [0.1, 0.15) is 0 Å². The van der Waals surface area contributed by atoms with Gasteiger partial charge in [-0.15, -0.1) is 0 Å². The largest absolute Gasteiger partial charge is 0.481 e. The van der Waals surface area contributed by atoms with Gasteiger partial charge in [-0.3, -0.25) is 4.79 Å². The molecule has 4 aliphatic carbocycles. The Kier molecular flexibility index (Phi) is 15.5. The molecule has 1 unspecified atom stereocenters. The van der Waals surface area contributed by atoms with Gasteiger partial charge in [0.25, 0.3) is 0 Å². The number of fused-ring (bicyclic) bond motifs is 5. The zero-order valence-corrected chi connectivity index (χ0v) is 29.9. The number of aliphatic hydroxyl groups excluding tert-OH is 1. The van der Waals surface area contributed by atoms with Crippen LogP contribution in [-0.2, 0) is 4.79 Å². The molecule has 3 fully saturated rings. The average molecular weight is 613 g/mol. The van der Waals surface area contributed by atoms with Crippen LogP contribution in [0.2, 0.25) is 0 Å². The van der Waals surface area contributed by atoms with Crippen molar-refractivity contribution in [2.24, 2.45) is 46.3 Å². The fraction of sp³-hybridized carbons (Fsp3) is 0.878. The van der Waals surface area contributed by atoms with Crippen molar-refractivity contribution >= 4 is 5.97 Å². The van der Waals surface area contributed by atoms with Crippen LogP contribution in [0, 0.1) is 46.3 Å². The molecule has 254 valence electrons. The van der Waals surface area contributed by atoms with E-state index in [1.807, 2.05) is 0 Å². The van der Waals surface area contributed by atoms with Crippen molar-refractivity contribution in [1.82, 2.24) is 0 Å². The first-order chi connectivity index (χ1) is 21.0. The first kappa shape index (κ1) is 37.4. The number of hydrogen-bond donors (Lipinski definition) is 2. The highest BCUT2D eigenvalue weighted by atomic mass is 16.4. The molecule has 0 radical (unpaired) electrons. The Bertz CT molecular complexity index is 904. The van der Waals surface area contributed by atoms with Gasteiger partial charge in [-0.25, -0.2) is 0 Å². The van der Waals surface area contributed by atoms with E-state index in [0.29, 0.717) is 17.3 Å². The van der Waals surface area contributed by atoms with Gasteiger partial charge in [0.2, 0.25) is 0 Å². The number of carboxylic acid groups (broad SMARTS) is 1. The van der Waals surface area contributed by atoms with Crippen LogP contribution in [0.4, 0.5) is 0 Å². The maximum Gasteiger partial charge on any atom is 0.303 e. The van der Waals surface area contributed by atoms with Crippen molar-refractivity contribution < 1.29 is 15.0 Å². The fourth-order valence-corrected chi connectivity index (χ4v) is 10.3. The lowest BCUT2D eigenvalue weighted by molar-refractivity contribution is -0.137. The van der Waals surface area contributed by atoms with Crippen molar-refractivity contribution in [1.29, 1.82) is 0 Å². The minimum absolute atomic E-state index is 0.0766. The second kappa shape index (κ2) is 18.3. The molecular weight excluding hydrogens is 540 g/mol. The van der Waals surface area contributed by atoms with E-state index >= 15 is 0 Å². The number of aliphatic carboxylic acids is 1. The van der Waals surface area contributed by atoms with Gasteiger partial charge in [0.15, 0.2) is 0 Å². The van der Waals surface area contributed by atoms with E-state index in [4.69, 9.17) is 5.11 Å². The van der Waals surface area contributed by atoms with E-state index in [2.05, 4.69) is 59.8 Å². The molecule has 0 aromatic heterocycles. The zero-order valence-electron chi connectivity index (χ0n) is 29.9. The Morgan fingerprint density at radius 3 is 2.30 bits per heavy atom. The van der Waals surface area contributed by atoms with Gasteiger partial charge < -0.3 is 10.2 Å². The van der Waals surface area contributed by atoms with E-state index in [0.717, 1.165) is 61.2 Å². The molecule has 3 nitrogen and oxygen atoms in total. The second-order valence-electron chi connectivity index (χ2n) is 16.5. The first-order valence-electron chi connectivity index (χ1n) is 19.3. The van der Waals surface area contributed by atoms with Crippen LogP contribution >= 0.6 is 0 Å². The van der Waals surface area contributed by atoms with Crippen LogP contribution in [-0.4, -0.2) is 22.3 Å². The summed E-state index contributed by atoms with van der Waals surface area (Å²) >= 11 is 0. The molecule has 0 spiro atoms. The molecule has 0 aromatic rings. The lowest BCUT2D eigenvalue weighted by Gasteiger charge is -2.58. The molecule has 0 saturated heterocycles. The molecule has 0 amide bonds. The minimum Gasteiger partial charge on any atom is -0.481 e. The highest BCUT2D eigenvalue weighted by molar-refractivity contribution is 5.66. The average Bonchev–Trinajstić information content (AvgIpc) is 3.33. The highest BCUT2D eigenvalue weighted by Crippen LogP contribution is 2.67. The minimum atomic E-state index is -0.668. The molecule has 2 N–H and O–H groups in total. The van der Waals surface area contributed by atoms with Crippen LogP contribution in [0.5, 0.6) is 0 Å². The maximum absolute atomic E-state index is 10.3. The number of carbonyl (C=O) groups is 1. The number of carboxylic acids is 1. The molecule has 44 heavy (non-hydrogen) atoms. The second-order valence-corrected chi connectivity index (χ2v) is 16.5. The Balaban J connectivity index is 0.000000284. The van der Waals surface area contributed by atoms with Crippen LogP contribution in [0.3, 0.4) is 0 Å². The highest BCUT2D eigenvalue weighted by Gasteiger charge is 2.59. The maximum atomic E-state index is 10.3. The Hall–Kier alpha value is -1.09. The summed E-state index contributed by atoms with van der Waals surface area (Å²) in [6, 6.07) is 0. The smallest absolute Gasteiger partial charge is 0.303 e. The topological polar surface area (TPSA) is 57.5 Å². The van der Waals surface area contributed by atoms with Crippen molar-refractivity contribution in [2.75, 3.05) is 0 Å². The standard InChI is InChI=1S/C27H46O.C14H26O2/c1-18(2)7-6-8-19(3)23-11-12-24-22-10-9-20-17-21(28)13-15-26(20,4)25(22)14-16-27(23,24)5;1-2-3-4-5-6-7-8-9-10-11-12-13-14(15)16/h9,18-19,21-25,28H,6-8,10-17H2,1-5H3;5-6H,2-4,7-13H2,1H3,(H,15,16)/b;6-5-/t19?,21-,22-,23+,24-,25-,26-,27+;/m0./s1. The molecule has 3 heteroatoms. The molecule has 4 rings (SSSR count). The number of unbranched alkanes of at least 4 members (excludes halogenated alkanes) is 7. The van der Waals surface area contributed by atoms with Crippen molar-refractivity contribution in [2.45, 2.75) is 182 Å². The van der Waals surface area contributed by atoms with Gasteiger partial charge >= 0.3 is 5.97 Å². The molecular formula is C41H72O3. The number of rotatable bonds is 16. The Morgan fingerprint density at radius 2 is 1.59 bits per heavy atom. The van der Waals surface area contributed by atoms with E-state index in [1.54, 1.807) is 5.57 Å². The van der Waals surface area contributed by atoms with Gasteiger partial charge in [0, 0.05) is 6.42 Å². The summed E-state index contributed by atoms with van der Waals surface area (Å²) in [5.74, 6) is 4.79. The van der Waals surface area contributed by atoms with Crippen molar-refractivity contribution in [3.8, 4) is 0 Å². The van der Waals surface area contributed by atoms with Gasteiger partial charge in [-0.2, -0.15) is 0 Å². The third kappa shape index (κ3) is 10.2. The molecule has 3 saturated carbocycles. The summed E-state index contributed by atoms with van der Waals surface area (Å²) in [4.78, 5) is 10.3. The van der Waals surface area contributed by atoms with E-state index in [-0.39, 0.29) is 6.10 Å². The lowest BCUT2D eigenvalue weighted by Crippen LogP contribution is -2.50. The molecule has 0 aromatic carbocycles. The first-order valence-corrected chi connectivity index (χ1v) is 19.3. The van der Waals surface area contributed by atoms with Crippen LogP contribution in [0.25, 0.3) is 0 Å². The van der Waals surface area contributed by atoms with Crippen LogP contribution in [0.1, 0.15) is 176 Å². The quantitative estimate of drug-likeness (QED) is 0.135. The Morgan fingerprint density at radius 1 is 0.886 bits per heavy atom. The normalized spacial score (nSPS) is 33.6. The van der Waals surface area contributed by atoms with E-state index in [1.165, 1.54) is 103 Å². The lowest BCUT2D eigenvalue weighted by atomic mass is 9.47. The summed E-state index contributed by atoms with van der Waals surface area (Å²) < 4.78 is 0. The molecule has 8 atom stereocenters. The molecule has 4 aliphatic rings. The summed E-state index contributed by atoms with van der Waals surface area (Å²) in [6.45, 7) is 14.8. The molecule has 0 bridgehead atoms. The van der Waals surface area contributed by atoms with Gasteiger partial charge in [-0.1, -0.05) is 117 Å². The predicted molar refractivity (Wildman–Crippen MR) is 188 cm³/mol. The van der Waals surface area contributed by atoms with Crippen molar-refractivity contribution in [3.05, 3.63) is 23.8 Å².